The predicted octanol–water partition coefficient (Wildman–Crippen LogP) is 3.89. The van der Waals surface area contributed by atoms with Gasteiger partial charge in [0.15, 0.2) is 0 Å². The van der Waals surface area contributed by atoms with Crippen LogP contribution in [0.2, 0.25) is 5.02 Å². The molecule has 0 fully saturated rings. The summed E-state index contributed by atoms with van der Waals surface area (Å²) in [7, 11) is 0. The highest BCUT2D eigenvalue weighted by Gasteiger charge is 2.01. The van der Waals surface area contributed by atoms with Gasteiger partial charge in [-0.15, -0.1) is 0 Å². The molecule has 0 radical (unpaired) electrons. The number of hydrogen-bond acceptors (Lipinski definition) is 1. The van der Waals surface area contributed by atoms with Gasteiger partial charge in [-0.2, -0.15) is 0 Å². The van der Waals surface area contributed by atoms with Crippen LogP contribution in [0.25, 0.3) is 0 Å². The van der Waals surface area contributed by atoms with Crippen LogP contribution in [0.1, 0.15) is 13.3 Å². The van der Waals surface area contributed by atoms with Gasteiger partial charge in [0.2, 0.25) is 0 Å². The van der Waals surface area contributed by atoms with Gasteiger partial charge in [0, 0.05) is 10.4 Å². The molecule has 0 N–H and O–H groups in total. The van der Waals surface area contributed by atoms with Gasteiger partial charge in [-0.25, -0.2) is 0 Å². The molecule has 1 rings (SSSR count). The summed E-state index contributed by atoms with van der Waals surface area (Å²) in [6, 6.07) is 7.43. The van der Waals surface area contributed by atoms with Crippen molar-refractivity contribution >= 4 is 27.5 Å². The lowest BCUT2D eigenvalue weighted by Crippen LogP contribution is -2.11. The van der Waals surface area contributed by atoms with Gasteiger partial charge >= 0.3 is 0 Å². The quantitative estimate of drug-likeness (QED) is 0.749. The van der Waals surface area contributed by atoms with E-state index in [0.29, 0.717) is 0 Å². The molecule has 0 aromatic heterocycles. The smallest absolute Gasteiger partial charge is 0.119 e. The Morgan fingerprint density at radius 3 is 2.54 bits per heavy atom. The average Bonchev–Trinajstić information content (AvgIpc) is 2.09. The van der Waals surface area contributed by atoms with Crippen LogP contribution in [0.4, 0.5) is 0 Å². The summed E-state index contributed by atoms with van der Waals surface area (Å²) in [5.41, 5.74) is 0. The Balaban J connectivity index is 2.49. The van der Waals surface area contributed by atoms with Crippen LogP contribution < -0.4 is 4.74 Å². The molecule has 13 heavy (non-hydrogen) atoms. The molecule has 0 aliphatic heterocycles. The molecule has 1 aromatic rings. The van der Waals surface area contributed by atoms with Crippen molar-refractivity contribution in [2.75, 3.05) is 5.33 Å². The van der Waals surface area contributed by atoms with Gasteiger partial charge in [0.25, 0.3) is 0 Å². The zero-order chi connectivity index (χ0) is 9.68. The van der Waals surface area contributed by atoms with Gasteiger partial charge in [-0.1, -0.05) is 27.5 Å². The summed E-state index contributed by atoms with van der Waals surface area (Å²) in [5.74, 6) is 0.873. The monoisotopic (exact) mass is 262 g/mol. The molecule has 3 heteroatoms. The highest BCUT2D eigenvalue weighted by atomic mass is 79.9. The van der Waals surface area contributed by atoms with Crippen molar-refractivity contribution in [3.63, 3.8) is 0 Å². The number of halogens is 2. The fourth-order valence-corrected chi connectivity index (χ4v) is 1.73. The summed E-state index contributed by atoms with van der Waals surface area (Å²) in [5, 5.41) is 1.70. The Labute approximate surface area is 92.2 Å². The molecule has 1 nitrogen and oxygen atoms in total. The van der Waals surface area contributed by atoms with E-state index < -0.39 is 0 Å². The lowest BCUT2D eigenvalue weighted by molar-refractivity contribution is 0.219. The molecule has 0 heterocycles. The van der Waals surface area contributed by atoms with Crippen LogP contribution in [0.15, 0.2) is 24.3 Å². The molecular formula is C10H12BrClO. The van der Waals surface area contributed by atoms with E-state index in [-0.39, 0.29) is 6.10 Å². The average molecular weight is 264 g/mol. The molecule has 0 amide bonds. The van der Waals surface area contributed by atoms with E-state index in [0.717, 1.165) is 22.5 Å². The molecule has 0 bridgehead atoms. The van der Waals surface area contributed by atoms with Crippen molar-refractivity contribution in [3.8, 4) is 5.75 Å². The maximum Gasteiger partial charge on any atom is 0.119 e. The Morgan fingerprint density at radius 1 is 1.38 bits per heavy atom. The molecule has 0 saturated heterocycles. The fraction of sp³-hybridized carbons (Fsp3) is 0.400. The maximum atomic E-state index is 5.75. The predicted molar refractivity (Wildman–Crippen MR) is 60.0 cm³/mol. The second kappa shape index (κ2) is 5.51. The Kier molecular flexibility index (Phi) is 4.60. The summed E-state index contributed by atoms with van der Waals surface area (Å²) in [6.07, 6.45) is 1.24. The van der Waals surface area contributed by atoms with E-state index >= 15 is 0 Å². The number of benzene rings is 1. The standard InChI is InChI=1S/C10H12BrClO/c1-8(6-7-11)13-10-4-2-9(12)3-5-10/h2-5,8H,6-7H2,1H3. The van der Waals surface area contributed by atoms with Gasteiger partial charge in [0.1, 0.15) is 5.75 Å². The minimum atomic E-state index is 0.237. The third kappa shape index (κ3) is 4.01. The largest absolute Gasteiger partial charge is 0.491 e. The first-order chi connectivity index (χ1) is 6.22. The van der Waals surface area contributed by atoms with E-state index in [1.807, 2.05) is 24.3 Å². The summed E-state index contributed by atoms with van der Waals surface area (Å²) >= 11 is 9.12. The second-order valence-electron chi connectivity index (χ2n) is 2.86. The normalized spacial score (nSPS) is 12.5. The molecule has 0 spiro atoms. The van der Waals surface area contributed by atoms with Crippen molar-refractivity contribution in [2.45, 2.75) is 19.4 Å². The van der Waals surface area contributed by atoms with Gasteiger partial charge < -0.3 is 4.74 Å². The zero-order valence-electron chi connectivity index (χ0n) is 7.47. The second-order valence-corrected chi connectivity index (χ2v) is 4.09. The van der Waals surface area contributed by atoms with Crippen molar-refractivity contribution in [1.82, 2.24) is 0 Å². The number of alkyl halides is 1. The van der Waals surface area contributed by atoms with Crippen molar-refractivity contribution in [1.29, 1.82) is 0 Å². The molecule has 0 aliphatic rings. The topological polar surface area (TPSA) is 9.23 Å². The lowest BCUT2D eigenvalue weighted by atomic mass is 10.3. The van der Waals surface area contributed by atoms with Crippen LogP contribution in [-0.4, -0.2) is 11.4 Å². The molecule has 0 saturated carbocycles. The van der Waals surface area contributed by atoms with E-state index in [1.165, 1.54) is 0 Å². The molecular weight excluding hydrogens is 251 g/mol. The first-order valence-electron chi connectivity index (χ1n) is 4.20. The van der Waals surface area contributed by atoms with Crippen LogP contribution in [0.3, 0.4) is 0 Å². The molecule has 1 unspecified atom stereocenters. The minimum absolute atomic E-state index is 0.237. The molecule has 1 aromatic carbocycles. The van der Waals surface area contributed by atoms with E-state index in [4.69, 9.17) is 16.3 Å². The van der Waals surface area contributed by atoms with Gasteiger partial charge in [-0.3, -0.25) is 0 Å². The Hall–Kier alpha value is -0.210. The summed E-state index contributed by atoms with van der Waals surface area (Å²) in [6.45, 7) is 2.05. The van der Waals surface area contributed by atoms with Crippen LogP contribution in [0.5, 0.6) is 5.75 Å². The number of hydrogen-bond donors (Lipinski definition) is 0. The van der Waals surface area contributed by atoms with Gasteiger partial charge in [0.05, 0.1) is 6.10 Å². The van der Waals surface area contributed by atoms with Crippen LogP contribution in [0, 0.1) is 0 Å². The molecule has 72 valence electrons. The minimum Gasteiger partial charge on any atom is -0.491 e. The summed E-state index contributed by atoms with van der Waals surface area (Å²) in [4.78, 5) is 0. The highest BCUT2D eigenvalue weighted by molar-refractivity contribution is 9.09. The third-order valence-electron chi connectivity index (χ3n) is 1.67. The fourth-order valence-electron chi connectivity index (χ4n) is 0.958. The SMILES string of the molecule is CC(CCBr)Oc1ccc(Cl)cc1. The Morgan fingerprint density at radius 2 is 2.00 bits per heavy atom. The first kappa shape index (κ1) is 10.9. The van der Waals surface area contributed by atoms with Gasteiger partial charge in [-0.05, 0) is 37.6 Å². The number of rotatable bonds is 4. The van der Waals surface area contributed by atoms with Crippen LogP contribution in [-0.2, 0) is 0 Å². The van der Waals surface area contributed by atoms with Crippen molar-refractivity contribution < 1.29 is 4.74 Å². The lowest BCUT2D eigenvalue weighted by Gasteiger charge is -2.12. The zero-order valence-corrected chi connectivity index (χ0v) is 9.81. The van der Waals surface area contributed by atoms with E-state index in [2.05, 4.69) is 22.9 Å². The third-order valence-corrected chi connectivity index (χ3v) is 2.38. The van der Waals surface area contributed by atoms with Crippen molar-refractivity contribution in [3.05, 3.63) is 29.3 Å². The highest BCUT2D eigenvalue weighted by Crippen LogP contribution is 2.17. The summed E-state index contributed by atoms with van der Waals surface area (Å²) < 4.78 is 5.62. The van der Waals surface area contributed by atoms with Crippen LogP contribution >= 0.6 is 27.5 Å². The maximum absolute atomic E-state index is 5.75. The Bertz CT molecular complexity index is 248. The van der Waals surface area contributed by atoms with Crippen molar-refractivity contribution in [2.24, 2.45) is 0 Å². The molecule has 1 atom stereocenters. The molecule has 0 aliphatic carbocycles. The van der Waals surface area contributed by atoms with E-state index in [1.54, 1.807) is 0 Å². The first-order valence-corrected chi connectivity index (χ1v) is 5.70. The number of ether oxygens (including phenoxy) is 1. The van der Waals surface area contributed by atoms with E-state index in [9.17, 15) is 0 Å².